The first-order valence-corrected chi connectivity index (χ1v) is 7.05. The zero-order valence-corrected chi connectivity index (χ0v) is 13.6. The summed E-state index contributed by atoms with van der Waals surface area (Å²) < 4.78 is 18.3. The van der Waals surface area contributed by atoms with Crippen LogP contribution in [-0.4, -0.2) is 73.7 Å². The molecule has 0 heterocycles. The minimum atomic E-state index is -1.27. The number of hydrogen-bond donors (Lipinski definition) is 2. The van der Waals surface area contributed by atoms with Crippen LogP contribution in [0.1, 0.15) is 13.8 Å². The first-order valence-electron chi connectivity index (χ1n) is 7.05. The van der Waals surface area contributed by atoms with Crippen molar-refractivity contribution in [1.82, 2.24) is 10.0 Å². The lowest BCUT2D eigenvalue weighted by Gasteiger charge is -2.16. The van der Waals surface area contributed by atoms with Crippen molar-refractivity contribution in [2.75, 3.05) is 39.5 Å². The quantitative estimate of drug-likeness (QED) is 0.135. The van der Waals surface area contributed by atoms with Crippen molar-refractivity contribution < 1.29 is 38.1 Å². The van der Waals surface area contributed by atoms with Crippen LogP contribution in [0.4, 0.5) is 9.59 Å². The van der Waals surface area contributed by atoms with Gasteiger partial charge in [0.25, 0.3) is 0 Å². The lowest BCUT2D eigenvalue weighted by atomic mass is 10.6. The van der Waals surface area contributed by atoms with Crippen LogP contribution in [0.15, 0.2) is 0 Å². The normalized spacial score (nSPS) is 9.67. The van der Waals surface area contributed by atoms with Crippen LogP contribution in [0.25, 0.3) is 0 Å². The fourth-order valence-electron chi connectivity index (χ4n) is 1.19. The maximum absolute atomic E-state index is 11.3. The van der Waals surface area contributed by atoms with Crippen LogP contribution in [-0.2, 0) is 28.5 Å². The van der Waals surface area contributed by atoms with Crippen molar-refractivity contribution in [2.45, 2.75) is 13.8 Å². The van der Waals surface area contributed by atoms with E-state index in [4.69, 9.17) is 11.7 Å². The number of esters is 2. The smallest absolute Gasteiger partial charge is 0.424 e. The molecule has 0 saturated carbocycles. The van der Waals surface area contributed by atoms with E-state index in [0.29, 0.717) is 10.0 Å². The number of nitrogens with two attached hydrogens (primary N) is 2. The van der Waals surface area contributed by atoms with Crippen molar-refractivity contribution in [3.05, 3.63) is 0 Å². The first kappa shape index (κ1) is 21.4. The average molecular weight is 350 g/mol. The molecular weight excluding hydrogens is 328 g/mol. The van der Waals surface area contributed by atoms with Crippen LogP contribution in [0.5, 0.6) is 0 Å². The molecule has 0 aliphatic carbocycles. The summed E-state index contributed by atoms with van der Waals surface area (Å²) in [7, 11) is 0. The summed E-state index contributed by atoms with van der Waals surface area (Å²) in [5.41, 5.74) is 0. The number of hydrogen-bond acceptors (Lipinski definition) is 10. The number of rotatable bonds is 8. The highest BCUT2D eigenvalue weighted by atomic mass is 16.6. The third kappa shape index (κ3) is 8.75. The fourth-order valence-corrected chi connectivity index (χ4v) is 1.19. The van der Waals surface area contributed by atoms with Gasteiger partial charge in [0, 0.05) is 0 Å². The third-order valence-electron chi connectivity index (χ3n) is 2.30. The van der Waals surface area contributed by atoms with Gasteiger partial charge in [0.05, 0.1) is 26.3 Å². The minimum Gasteiger partial charge on any atom is -0.455 e. The lowest BCUT2D eigenvalue weighted by molar-refractivity contribution is -0.168. The van der Waals surface area contributed by atoms with E-state index >= 15 is 0 Å². The minimum absolute atomic E-state index is 0.141. The van der Waals surface area contributed by atoms with Gasteiger partial charge < -0.3 is 18.9 Å². The molecule has 138 valence electrons. The Morgan fingerprint density at radius 1 is 0.708 bits per heavy atom. The first-order chi connectivity index (χ1) is 11.3. The number of amides is 2. The highest BCUT2D eigenvalue weighted by Gasteiger charge is 2.19. The lowest BCUT2D eigenvalue weighted by Crippen LogP contribution is -2.41. The molecule has 12 nitrogen and oxygen atoms in total. The van der Waals surface area contributed by atoms with Gasteiger partial charge in [-0.25, -0.2) is 40.9 Å². The van der Waals surface area contributed by atoms with Gasteiger partial charge >= 0.3 is 24.1 Å². The van der Waals surface area contributed by atoms with E-state index in [1.807, 2.05) is 0 Å². The van der Waals surface area contributed by atoms with E-state index in [2.05, 4.69) is 18.9 Å². The van der Waals surface area contributed by atoms with E-state index in [1.54, 1.807) is 13.8 Å². The molecule has 0 saturated heterocycles. The van der Waals surface area contributed by atoms with Gasteiger partial charge in [-0.15, -0.1) is 0 Å². The van der Waals surface area contributed by atoms with Gasteiger partial charge in [-0.3, -0.25) is 0 Å². The van der Waals surface area contributed by atoms with E-state index in [-0.39, 0.29) is 39.5 Å². The average Bonchev–Trinajstić information content (AvgIpc) is 2.54. The molecule has 24 heavy (non-hydrogen) atoms. The van der Waals surface area contributed by atoms with Crippen molar-refractivity contribution in [3.8, 4) is 0 Å². The number of carbonyl (C=O) groups excluding carboxylic acids is 4. The van der Waals surface area contributed by atoms with Gasteiger partial charge in [0.2, 0.25) is 0 Å². The van der Waals surface area contributed by atoms with Crippen LogP contribution in [0, 0.1) is 0 Å². The second-order valence-electron chi connectivity index (χ2n) is 4.06. The Labute approximate surface area is 138 Å². The monoisotopic (exact) mass is 350 g/mol. The number of nitrogens with zero attached hydrogens (tertiary/aromatic N) is 2. The summed E-state index contributed by atoms with van der Waals surface area (Å²) in [6.45, 7) is 2.50. The molecule has 0 aromatic heterocycles. The second kappa shape index (κ2) is 11.9. The summed E-state index contributed by atoms with van der Waals surface area (Å²) >= 11 is 0. The Kier molecular flexibility index (Phi) is 10.6. The van der Waals surface area contributed by atoms with Crippen LogP contribution in [0.2, 0.25) is 0 Å². The molecule has 0 radical (unpaired) electrons. The largest absolute Gasteiger partial charge is 0.455 e. The molecule has 12 heteroatoms. The molecule has 0 bridgehead atoms. The zero-order chi connectivity index (χ0) is 18.5. The highest BCUT2D eigenvalue weighted by Crippen LogP contribution is 1.91. The van der Waals surface area contributed by atoms with Crippen molar-refractivity contribution >= 4 is 24.1 Å². The molecule has 0 aromatic carbocycles. The molecule has 0 spiro atoms. The Morgan fingerprint density at radius 2 is 1.04 bits per heavy atom. The second-order valence-corrected chi connectivity index (χ2v) is 4.06. The number of carbonyl (C=O) groups is 4. The Morgan fingerprint density at radius 3 is 1.33 bits per heavy atom. The van der Waals surface area contributed by atoms with Crippen LogP contribution in [0.3, 0.4) is 0 Å². The molecule has 0 aliphatic rings. The van der Waals surface area contributed by atoms with Crippen molar-refractivity contribution in [2.24, 2.45) is 11.7 Å². The summed E-state index contributed by atoms with van der Waals surface area (Å²) in [4.78, 5) is 45.0. The molecule has 0 atom stereocenters. The van der Waals surface area contributed by atoms with Crippen LogP contribution >= 0.6 is 0 Å². The predicted octanol–water partition coefficient (Wildman–Crippen LogP) is -1.26. The van der Waals surface area contributed by atoms with Gasteiger partial charge in [-0.2, -0.15) is 0 Å². The van der Waals surface area contributed by atoms with Crippen molar-refractivity contribution in [3.63, 3.8) is 0 Å². The van der Waals surface area contributed by atoms with Crippen molar-refractivity contribution in [1.29, 1.82) is 0 Å². The summed E-state index contributed by atoms with van der Waals surface area (Å²) in [6, 6.07) is 0. The maximum atomic E-state index is 11.3. The maximum Gasteiger partial charge on any atom is 0.424 e. The van der Waals surface area contributed by atoms with Gasteiger partial charge in [-0.05, 0) is 13.8 Å². The van der Waals surface area contributed by atoms with Gasteiger partial charge in [0.15, 0.2) is 0 Å². The molecule has 0 aromatic rings. The predicted molar refractivity (Wildman–Crippen MR) is 77.7 cm³/mol. The molecule has 4 N–H and O–H groups in total. The molecule has 2 amide bonds. The Bertz CT molecular complexity index is 405. The molecule has 0 aliphatic heterocycles. The van der Waals surface area contributed by atoms with E-state index < -0.39 is 24.1 Å². The summed E-state index contributed by atoms with van der Waals surface area (Å²) in [6.07, 6.45) is -1.59. The highest BCUT2D eigenvalue weighted by molar-refractivity contribution is 6.29. The third-order valence-corrected chi connectivity index (χ3v) is 2.30. The van der Waals surface area contributed by atoms with E-state index in [9.17, 15) is 19.2 Å². The molecular formula is C12H22N4O8. The van der Waals surface area contributed by atoms with E-state index in [1.165, 1.54) is 0 Å². The number of hydrazine groups is 2. The topological polar surface area (TPSA) is 164 Å². The molecule has 0 unspecified atom stereocenters. The van der Waals surface area contributed by atoms with Gasteiger partial charge in [0.1, 0.15) is 13.2 Å². The molecule has 0 rings (SSSR count). The Balaban J connectivity index is 3.94. The van der Waals surface area contributed by atoms with Gasteiger partial charge in [-0.1, -0.05) is 0 Å². The summed E-state index contributed by atoms with van der Waals surface area (Å²) in [5.74, 6) is 8.10. The van der Waals surface area contributed by atoms with E-state index in [0.717, 1.165) is 0 Å². The fraction of sp³-hybridized carbons (Fsp3) is 0.667. The standard InChI is InChI=1S/C12H22N4O8/c1-3-21-11(19)15(13)5-7-23-9(17)10(18)24-8-6-16(14)12(20)22-4-2/h3-8,13-14H2,1-2H3. The number of ether oxygens (including phenoxy) is 4. The SMILES string of the molecule is CCOC(=O)N(N)CCOC(=O)C(=O)OCCN(N)C(=O)OCC. The molecule has 0 fully saturated rings. The Hall–Kier alpha value is -2.60. The van der Waals surface area contributed by atoms with Crippen LogP contribution < -0.4 is 11.7 Å². The summed E-state index contributed by atoms with van der Waals surface area (Å²) in [5, 5.41) is 1.38. The zero-order valence-electron chi connectivity index (χ0n) is 13.6.